The van der Waals surface area contributed by atoms with Crippen molar-refractivity contribution in [2.45, 2.75) is 44.6 Å². The summed E-state index contributed by atoms with van der Waals surface area (Å²) in [5, 5.41) is 18.2. The van der Waals surface area contributed by atoms with Gasteiger partial charge in [0.25, 0.3) is 0 Å². The molecule has 0 aliphatic carbocycles. The fourth-order valence-corrected chi connectivity index (χ4v) is 5.66. The first-order chi connectivity index (χ1) is 13.1. The minimum atomic E-state index is -0.586. The van der Waals surface area contributed by atoms with Crippen LogP contribution in [0.2, 0.25) is 0 Å². The lowest BCUT2D eigenvalue weighted by Crippen LogP contribution is -2.52. The molecule has 1 saturated heterocycles. The highest BCUT2D eigenvalue weighted by molar-refractivity contribution is 7.09. The Labute approximate surface area is 162 Å². The van der Waals surface area contributed by atoms with E-state index in [1.807, 2.05) is 25.1 Å². The zero-order chi connectivity index (χ0) is 18.6. The molecule has 0 N–H and O–H groups in total. The van der Waals surface area contributed by atoms with Crippen LogP contribution in [0.25, 0.3) is 5.69 Å². The molecule has 2 aliphatic heterocycles. The van der Waals surface area contributed by atoms with Gasteiger partial charge >= 0.3 is 0 Å². The third kappa shape index (κ3) is 2.28. The largest absolute Gasteiger partial charge is 0.351 e. The van der Waals surface area contributed by atoms with Gasteiger partial charge in [-0.2, -0.15) is 10.4 Å². The number of fused-ring (bicyclic) bond motifs is 3. The number of nitriles is 1. The van der Waals surface area contributed by atoms with Crippen LogP contribution < -0.4 is 4.90 Å². The van der Waals surface area contributed by atoms with E-state index in [0.29, 0.717) is 6.42 Å². The first-order valence-corrected chi connectivity index (χ1v) is 10.3. The van der Waals surface area contributed by atoms with Crippen LogP contribution in [0.15, 0.2) is 35.7 Å². The average molecular weight is 376 g/mol. The molecule has 0 bridgehead atoms. The third-order valence-corrected chi connectivity index (χ3v) is 7.05. The van der Waals surface area contributed by atoms with Crippen molar-refractivity contribution in [3.8, 4) is 11.8 Å². The molecular formula is C21H21N5S. The molecule has 1 aromatic carbocycles. The summed E-state index contributed by atoms with van der Waals surface area (Å²) in [6.07, 6.45) is 2.80. The van der Waals surface area contributed by atoms with Gasteiger partial charge in [0.2, 0.25) is 0 Å². The fraction of sp³-hybridized carbons (Fsp3) is 0.381. The molecule has 0 amide bonds. The second kappa shape index (κ2) is 5.93. The summed E-state index contributed by atoms with van der Waals surface area (Å²) in [4.78, 5) is 7.17. The Kier molecular flexibility index (Phi) is 3.63. The molecule has 1 fully saturated rings. The smallest absolute Gasteiger partial charge is 0.136 e. The highest BCUT2D eigenvalue weighted by Gasteiger charge is 2.53. The van der Waals surface area contributed by atoms with Crippen LogP contribution in [0, 0.1) is 25.2 Å². The molecule has 0 radical (unpaired) electrons. The van der Waals surface area contributed by atoms with Gasteiger partial charge in [-0.05, 0) is 38.8 Å². The molecule has 0 unspecified atom stereocenters. The molecule has 2 aliphatic rings. The van der Waals surface area contributed by atoms with Gasteiger partial charge in [-0.1, -0.05) is 18.2 Å². The molecular weight excluding hydrogens is 354 g/mol. The molecule has 27 heavy (non-hydrogen) atoms. The molecule has 0 spiro atoms. The van der Waals surface area contributed by atoms with Gasteiger partial charge in [0.1, 0.15) is 16.2 Å². The maximum atomic E-state index is 10.4. The Bertz CT molecular complexity index is 1040. The standard InChI is InChI=1S/C21H21N5S/c1-14-12-27-20(23-14)21(13-22)11-17-15(2)24-26(16-7-4-3-5-8-16)19(17)25-10-6-9-18(21)25/h3-5,7-8,12,18H,6,9-11H2,1-2H3/t18-,21-/m1/s1. The van der Waals surface area contributed by atoms with E-state index in [9.17, 15) is 5.26 Å². The van der Waals surface area contributed by atoms with Gasteiger partial charge in [-0.3, -0.25) is 0 Å². The third-order valence-electron chi connectivity index (χ3n) is 5.91. The number of hydrogen-bond acceptors (Lipinski definition) is 5. The van der Waals surface area contributed by atoms with Gasteiger partial charge in [0.15, 0.2) is 0 Å². The minimum absolute atomic E-state index is 0.152. The first kappa shape index (κ1) is 16.5. The van der Waals surface area contributed by atoms with E-state index < -0.39 is 5.41 Å². The number of hydrogen-bond donors (Lipinski definition) is 0. The average Bonchev–Trinajstić information content (AvgIpc) is 3.41. The molecule has 5 rings (SSSR count). The van der Waals surface area contributed by atoms with Crippen molar-refractivity contribution in [1.82, 2.24) is 14.8 Å². The zero-order valence-electron chi connectivity index (χ0n) is 15.5. The summed E-state index contributed by atoms with van der Waals surface area (Å²) in [5.74, 6) is 1.17. The lowest BCUT2D eigenvalue weighted by molar-refractivity contribution is 0.404. The van der Waals surface area contributed by atoms with Gasteiger partial charge in [0.05, 0.1) is 23.5 Å². The van der Waals surface area contributed by atoms with Gasteiger partial charge < -0.3 is 4.90 Å². The topological polar surface area (TPSA) is 57.7 Å². The number of thiazole rings is 1. The summed E-state index contributed by atoms with van der Waals surface area (Å²) in [6, 6.07) is 13.1. The SMILES string of the molecule is Cc1csc([C@@]2(C#N)Cc3c(C)nn(-c4ccccc4)c3N3CCC[C@@H]32)n1. The van der Waals surface area contributed by atoms with Crippen molar-refractivity contribution < 1.29 is 0 Å². The van der Waals surface area contributed by atoms with E-state index in [2.05, 4.69) is 40.1 Å². The van der Waals surface area contributed by atoms with Crippen LogP contribution in [-0.4, -0.2) is 27.4 Å². The maximum absolute atomic E-state index is 10.4. The van der Waals surface area contributed by atoms with Crippen molar-refractivity contribution in [1.29, 1.82) is 5.26 Å². The van der Waals surface area contributed by atoms with Crippen LogP contribution in [0.3, 0.4) is 0 Å². The number of nitrogens with zero attached hydrogens (tertiary/aromatic N) is 5. The van der Waals surface area contributed by atoms with Crippen molar-refractivity contribution in [3.63, 3.8) is 0 Å². The fourth-order valence-electron chi connectivity index (χ4n) is 4.67. The summed E-state index contributed by atoms with van der Waals surface area (Å²) < 4.78 is 2.07. The van der Waals surface area contributed by atoms with Crippen LogP contribution in [0.1, 0.15) is 34.8 Å². The number of aryl methyl sites for hydroxylation is 2. The summed E-state index contributed by atoms with van der Waals surface area (Å²) in [5.41, 5.74) is 3.68. The highest BCUT2D eigenvalue weighted by atomic mass is 32.1. The normalized spacial score (nSPS) is 23.7. The number of anilines is 1. The number of para-hydroxylation sites is 1. The molecule has 0 saturated carbocycles. The van der Waals surface area contributed by atoms with E-state index in [-0.39, 0.29) is 6.04 Å². The highest BCUT2D eigenvalue weighted by Crippen LogP contribution is 2.49. The van der Waals surface area contributed by atoms with E-state index in [1.54, 1.807) is 11.3 Å². The first-order valence-electron chi connectivity index (χ1n) is 9.38. The molecule has 2 aromatic heterocycles. The lowest BCUT2D eigenvalue weighted by atomic mass is 9.73. The summed E-state index contributed by atoms with van der Waals surface area (Å²) in [6.45, 7) is 5.03. The second-order valence-electron chi connectivity index (χ2n) is 7.54. The van der Waals surface area contributed by atoms with E-state index in [0.717, 1.165) is 41.5 Å². The molecule has 3 aromatic rings. The predicted molar refractivity (Wildman–Crippen MR) is 107 cm³/mol. The van der Waals surface area contributed by atoms with Crippen LogP contribution in [0.5, 0.6) is 0 Å². The van der Waals surface area contributed by atoms with Crippen molar-refractivity contribution in [3.05, 3.63) is 57.7 Å². The van der Waals surface area contributed by atoms with E-state index in [4.69, 9.17) is 10.1 Å². The number of benzene rings is 1. The molecule has 5 nitrogen and oxygen atoms in total. The van der Waals surface area contributed by atoms with E-state index >= 15 is 0 Å². The Balaban J connectivity index is 1.72. The van der Waals surface area contributed by atoms with Gasteiger partial charge in [0, 0.05) is 29.6 Å². The minimum Gasteiger partial charge on any atom is -0.351 e. The molecule has 4 heterocycles. The summed E-state index contributed by atoms with van der Waals surface area (Å²) >= 11 is 1.62. The maximum Gasteiger partial charge on any atom is 0.136 e. The van der Waals surface area contributed by atoms with Crippen LogP contribution >= 0.6 is 11.3 Å². The predicted octanol–water partition coefficient (Wildman–Crippen LogP) is 3.93. The summed E-state index contributed by atoms with van der Waals surface area (Å²) in [7, 11) is 0. The van der Waals surface area contributed by atoms with Crippen molar-refractivity contribution >= 4 is 17.2 Å². The van der Waals surface area contributed by atoms with Crippen LogP contribution in [0.4, 0.5) is 5.82 Å². The van der Waals surface area contributed by atoms with Crippen molar-refractivity contribution in [2.75, 3.05) is 11.4 Å². The zero-order valence-corrected chi connectivity index (χ0v) is 16.3. The Morgan fingerprint density at radius 3 is 2.78 bits per heavy atom. The molecule has 6 heteroatoms. The molecule has 136 valence electrons. The van der Waals surface area contributed by atoms with Crippen molar-refractivity contribution in [2.24, 2.45) is 0 Å². The molecule has 2 atom stereocenters. The quantitative estimate of drug-likeness (QED) is 0.681. The second-order valence-corrected chi connectivity index (χ2v) is 8.40. The van der Waals surface area contributed by atoms with Gasteiger partial charge in [-0.25, -0.2) is 9.67 Å². The lowest BCUT2D eigenvalue weighted by Gasteiger charge is -2.42. The number of aromatic nitrogens is 3. The Morgan fingerprint density at radius 2 is 2.07 bits per heavy atom. The van der Waals surface area contributed by atoms with Crippen LogP contribution in [-0.2, 0) is 11.8 Å². The number of rotatable bonds is 2. The van der Waals surface area contributed by atoms with E-state index in [1.165, 1.54) is 11.4 Å². The Morgan fingerprint density at radius 1 is 1.26 bits per heavy atom. The van der Waals surface area contributed by atoms with Gasteiger partial charge in [-0.15, -0.1) is 11.3 Å². The Hall–Kier alpha value is -2.65. The monoisotopic (exact) mass is 375 g/mol.